The second-order valence-corrected chi connectivity index (χ2v) is 30.3. The summed E-state index contributed by atoms with van der Waals surface area (Å²) in [6.07, 6.45) is -59.6. The highest BCUT2D eigenvalue weighted by Crippen LogP contribution is 2.37. The van der Waals surface area contributed by atoms with Crippen LogP contribution >= 0.6 is 0 Å². The summed E-state index contributed by atoms with van der Waals surface area (Å²) in [5.41, 5.74) is 1.15. The predicted molar refractivity (Wildman–Crippen MR) is 382 cm³/mol. The van der Waals surface area contributed by atoms with Gasteiger partial charge in [-0.1, -0.05) is 27.8 Å². The van der Waals surface area contributed by atoms with E-state index in [9.17, 15) is 132 Å². The molecular weight excluding hydrogens is 1690 g/mol. The molecule has 25 N–H and O–H groups in total. The maximum Gasteiger partial charge on any atom is 0.303 e. The van der Waals surface area contributed by atoms with Gasteiger partial charge in [-0.3, -0.25) is 9.48 Å². The van der Waals surface area contributed by atoms with Gasteiger partial charge in [-0.05, 0) is 6.42 Å². The smallest absolute Gasteiger partial charge is 0.303 e. The van der Waals surface area contributed by atoms with E-state index in [0.29, 0.717) is 31.1 Å². The second kappa shape index (κ2) is 45.3. The van der Waals surface area contributed by atoms with E-state index in [1.807, 2.05) is 6.92 Å². The summed E-state index contributed by atoms with van der Waals surface area (Å²) in [6.45, 7) is -1.88. The zero-order valence-corrected chi connectivity index (χ0v) is 66.5. The first-order valence-electron chi connectivity index (χ1n) is 39.4. The maximum absolute atomic E-state index is 11.7. The fraction of sp³-hybridized carbons (Fsp3) is 0.868. The lowest BCUT2D eigenvalue weighted by molar-refractivity contribution is -0.380. The number of aromatic nitrogens is 12. The molecule has 12 heterocycles. The highest BCUT2D eigenvalue weighted by molar-refractivity contribution is 5.66. The third-order valence-electron chi connectivity index (χ3n) is 21.3. The first kappa shape index (κ1) is 98.9. The number of aliphatic hydroxyl groups excluding tert-OH is 25. The Kier molecular flexibility index (Phi) is 36.1. The number of ether oxygens (including phenoxy) is 18. The van der Waals surface area contributed by atoms with E-state index in [4.69, 9.17) is 85.3 Å². The van der Waals surface area contributed by atoms with Gasteiger partial charge in [0.2, 0.25) is 0 Å². The molecule has 4 aromatic heterocycles. The Morgan fingerprint density at radius 3 is 0.952 bits per heavy atom. The number of nitrogens with zero attached hydrogens (tertiary/aromatic N) is 12. The van der Waals surface area contributed by atoms with Crippen LogP contribution in [0.2, 0.25) is 0 Å². The van der Waals surface area contributed by atoms with Gasteiger partial charge in [0.05, 0.1) is 117 Å². The first-order chi connectivity index (χ1) is 59.2. The lowest BCUT2D eigenvalue weighted by Gasteiger charge is -2.48. The Balaban J connectivity index is 0.000000241. The van der Waals surface area contributed by atoms with Crippen molar-refractivity contribution in [2.75, 3.05) is 52.9 Å². The van der Waals surface area contributed by atoms with Crippen molar-refractivity contribution in [2.24, 2.45) is 7.05 Å². The molecule has 0 aromatic carbocycles. The molecule has 12 rings (SSSR count). The number of aliphatic hydroxyl groups is 25. The Morgan fingerprint density at radius 1 is 0.323 bits per heavy atom. The Bertz CT molecular complexity index is 3820. The Hall–Kier alpha value is -5.65. The van der Waals surface area contributed by atoms with Crippen LogP contribution < -0.4 is 0 Å². The van der Waals surface area contributed by atoms with Gasteiger partial charge in [-0.25, -0.2) is 14.0 Å². The minimum atomic E-state index is -2.02. The van der Waals surface area contributed by atoms with Gasteiger partial charge in [0.25, 0.3) is 0 Å². The van der Waals surface area contributed by atoms with Gasteiger partial charge in [0.1, 0.15) is 212 Å². The van der Waals surface area contributed by atoms with Crippen LogP contribution in [0.1, 0.15) is 43.0 Å². The summed E-state index contributed by atoms with van der Waals surface area (Å²) in [5, 5.41) is 294. The number of carbonyl (C=O) groups is 1. The van der Waals surface area contributed by atoms with E-state index in [0.717, 1.165) is 13.3 Å². The topological polar surface area (TPSA) is 812 Å². The molecule has 8 aliphatic rings. The van der Waals surface area contributed by atoms with Crippen molar-refractivity contribution >= 4 is 5.97 Å². The molecular formula is C68H110N12O44. The van der Waals surface area contributed by atoms with Gasteiger partial charge in [0.15, 0.2) is 56.4 Å². The standard InChI is InChI=1S/C35H58N6O22.C33H52N6O22/c1-2-4-55-5-3-40-6-14(36-38-40)12-56-32-26(51)22(47)20(45)16(58-32)8-41-7-15(37-39-41)13-57-33-28(53)24(49)30(18(10-43)60-33)63-35-29(54)25(50)31(19(11-44)61-35)62-34-27(52)23(48)21(46)17(9-42)59-34;1-11(43)55-29-21(47)19(45)15(6-40)57-33(29)61-28-17(8-42)59-32(26(52)23(28)49)60-27-16(7-41)58-31(25(51)22(27)48)54-10-13-4-39(37-35-13)5-14-18(44)20(46)24(50)30(56-14)53-9-12-3-38(2)36-34-12/h6-7,16-35,42-54H,2-5,8-13H2,1H3;3-4,14-33,40-42,44-52H,5-10H2,1-2H3/t16-,17?,18?,19?,20+,21-,22+,23+,24-,25-,26+,27?,28?,29?,30-,31-,32-,33-,34-,35-;14-,15?,16?,17?,18-,19+,20+,21-,22+,23+,24+,25?,26?,27+,28+,29?,30+,31+,32+,33+/m10/s1. The molecule has 124 heavy (non-hydrogen) atoms. The first-order valence-corrected chi connectivity index (χ1v) is 39.4. The minimum Gasteiger partial charge on any atom is -0.454 e. The second-order valence-electron chi connectivity index (χ2n) is 30.3. The van der Waals surface area contributed by atoms with Crippen molar-refractivity contribution in [3.8, 4) is 0 Å². The van der Waals surface area contributed by atoms with Gasteiger partial charge >= 0.3 is 5.97 Å². The molecule has 8 saturated heterocycles. The summed E-state index contributed by atoms with van der Waals surface area (Å²) in [4.78, 5) is 11.7. The van der Waals surface area contributed by atoms with Crippen LogP contribution in [0.3, 0.4) is 0 Å². The molecule has 8 aliphatic heterocycles. The molecule has 0 spiro atoms. The summed E-state index contributed by atoms with van der Waals surface area (Å²) in [6, 6.07) is 0. The number of rotatable bonds is 36. The van der Waals surface area contributed by atoms with Crippen LogP contribution in [0.25, 0.3) is 0 Å². The highest BCUT2D eigenvalue weighted by Gasteiger charge is 2.58. The number of hydrogen-bond donors (Lipinski definition) is 25. The quantitative estimate of drug-likeness (QED) is 0.0148. The molecule has 56 nitrogen and oxygen atoms in total. The molecule has 0 amide bonds. The van der Waals surface area contributed by atoms with Crippen LogP contribution in [0.4, 0.5) is 0 Å². The average Bonchev–Trinajstić information content (AvgIpc) is 0.943. The molecule has 8 fully saturated rings. The molecule has 0 bridgehead atoms. The fourth-order valence-electron chi connectivity index (χ4n) is 14.5. The van der Waals surface area contributed by atoms with Gasteiger partial charge in [-0.15, -0.1) is 20.4 Å². The third kappa shape index (κ3) is 23.6. The molecule has 56 heteroatoms. The monoisotopic (exact) mass is 1800 g/mol. The third-order valence-corrected chi connectivity index (χ3v) is 21.3. The Labute approximate surface area is 701 Å². The van der Waals surface area contributed by atoms with Crippen LogP contribution in [0, 0.1) is 0 Å². The van der Waals surface area contributed by atoms with Crippen molar-refractivity contribution in [2.45, 2.75) is 312 Å². The van der Waals surface area contributed by atoms with Crippen LogP contribution in [0.5, 0.6) is 0 Å². The summed E-state index contributed by atoms with van der Waals surface area (Å²) >= 11 is 0. The summed E-state index contributed by atoms with van der Waals surface area (Å²) < 4.78 is 106. The van der Waals surface area contributed by atoms with Gasteiger partial charge in [0, 0.05) is 20.6 Å². The van der Waals surface area contributed by atoms with E-state index in [-0.39, 0.29) is 50.9 Å². The molecule has 4 aromatic rings. The van der Waals surface area contributed by atoms with Crippen molar-refractivity contribution in [3.63, 3.8) is 0 Å². The summed E-state index contributed by atoms with van der Waals surface area (Å²) in [5.74, 6) is -0.915. The Morgan fingerprint density at radius 2 is 0.597 bits per heavy atom. The lowest BCUT2D eigenvalue weighted by atomic mass is 9.96. The molecule has 0 radical (unpaired) electrons. The highest BCUT2D eigenvalue weighted by atomic mass is 16.8. The average molecular weight is 1800 g/mol. The van der Waals surface area contributed by atoms with Crippen LogP contribution in [-0.2, 0) is 143 Å². The van der Waals surface area contributed by atoms with Crippen LogP contribution in [0.15, 0.2) is 24.8 Å². The van der Waals surface area contributed by atoms with E-state index in [1.54, 1.807) is 24.1 Å². The number of aryl methyl sites for hydroxylation is 1. The molecule has 0 aliphatic carbocycles. The SMILES string of the molecule is CC(=O)OC1[C@@H](O[C@@H]2C(CO)O[C@H](O[C@@H]3C(CO)O[C@@H](OCc4cn(C[C@@H]5O[C@@H](OCc6cn(C)nn6)[C@H](O)[C@H](O)[C@H]5O)nn4)C(O)[C@H]3O)C(O)[C@H]2O)OC(CO)[C@@H](O)[C@@H]1O.CCCOCCn1cc(CO[C@@H]2O[C@H](Cn3cc(CO[C@@H]4OC(CO)[C@@H](O[C@H]5OC(CO)[C@@H](O[C@H]6OC(CO)[C@@H](O)[C@H](O)C6O)[C@H](O)C5O)[C@H](O)C4O)nn3)[C@H](O)[C@H](O)[C@@H]2O)nn1. The van der Waals surface area contributed by atoms with Crippen molar-refractivity contribution in [1.82, 2.24) is 60.0 Å². The lowest BCUT2D eigenvalue weighted by Crippen LogP contribution is -2.67. The van der Waals surface area contributed by atoms with Gasteiger partial charge in [-0.2, -0.15) is 0 Å². The largest absolute Gasteiger partial charge is 0.454 e. The van der Waals surface area contributed by atoms with Crippen molar-refractivity contribution < 1.29 is 218 Å². The summed E-state index contributed by atoms with van der Waals surface area (Å²) in [7, 11) is 1.65. The zero-order chi connectivity index (χ0) is 89.8. The van der Waals surface area contributed by atoms with E-state index < -0.39 is 291 Å². The predicted octanol–water partition coefficient (Wildman–Crippen LogP) is -17.7. The van der Waals surface area contributed by atoms with E-state index >= 15 is 0 Å². The van der Waals surface area contributed by atoms with E-state index in [2.05, 4.69) is 41.2 Å². The van der Waals surface area contributed by atoms with Crippen molar-refractivity contribution in [1.29, 1.82) is 0 Å². The van der Waals surface area contributed by atoms with E-state index in [1.165, 1.54) is 26.4 Å². The molecule has 706 valence electrons. The zero-order valence-electron chi connectivity index (χ0n) is 66.5. The fourth-order valence-corrected chi connectivity index (χ4v) is 14.5. The normalized spacial score (nSPS) is 41.6. The molecule has 0 saturated carbocycles. The number of carbonyl (C=O) groups excluding carboxylic acids is 1. The number of esters is 1. The minimum absolute atomic E-state index is 0.116. The van der Waals surface area contributed by atoms with Crippen LogP contribution in [-0.4, -0.2) is 492 Å². The van der Waals surface area contributed by atoms with Gasteiger partial charge < -0.3 is 213 Å². The van der Waals surface area contributed by atoms with Crippen molar-refractivity contribution in [3.05, 3.63) is 47.6 Å². The maximum atomic E-state index is 11.7. The molecule has 12 unspecified atom stereocenters. The number of hydrogen-bond acceptors (Lipinski definition) is 52. The molecule has 40 atom stereocenters.